The molecular formula is C17H21NO4. The van der Waals surface area contributed by atoms with Gasteiger partial charge >= 0.3 is 5.97 Å². The van der Waals surface area contributed by atoms with E-state index in [1.807, 2.05) is 24.4 Å². The summed E-state index contributed by atoms with van der Waals surface area (Å²) in [5, 5.41) is 0.992. The van der Waals surface area contributed by atoms with Crippen LogP contribution in [0.5, 0.6) is 5.75 Å². The van der Waals surface area contributed by atoms with Crippen molar-refractivity contribution in [1.82, 2.24) is 4.98 Å². The number of benzene rings is 1. The van der Waals surface area contributed by atoms with E-state index in [1.54, 1.807) is 14.2 Å². The van der Waals surface area contributed by atoms with Gasteiger partial charge in [0.25, 0.3) is 0 Å². The van der Waals surface area contributed by atoms with E-state index >= 15 is 0 Å². The standard InChI is InChI=1S/C17H21NO4/c1-20-12-6-7-14-13(9-12)11(10-18-14)8-17(19)22-16-5-3-4-15(16)21-2/h6-7,9-10,15-16,18H,3-5,8H2,1-2H3/t15-,16+/m0/s1. The van der Waals surface area contributed by atoms with E-state index in [4.69, 9.17) is 14.2 Å². The maximum atomic E-state index is 12.2. The van der Waals surface area contributed by atoms with Crippen LogP contribution >= 0.6 is 0 Å². The molecule has 1 aliphatic rings. The summed E-state index contributed by atoms with van der Waals surface area (Å²) in [7, 11) is 3.30. The van der Waals surface area contributed by atoms with Crippen LogP contribution in [0.3, 0.4) is 0 Å². The molecule has 0 spiro atoms. The topological polar surface area (TPSA) is 60.6 Å². The smallest absolute Gasteiger partial charge is 0.310 e. The van der Waals surface area contributed by atoms with Crippen LogP contribution in [-0.2, 0) is 20.7 Å². The van der Waals surface area contributed by atoms with Crippen molar-refractivity contribution in [3.8, 4) is 5.75 Å². The first-order valence-electron chi connectivity index (χ1n) is 7.57. The van der Waals surface area contributed by atoms with Crippen molar-refractivity contribution in [3.05, 3.63) is 30.0 Å². The minimum Gasteiger partial charge on any atom is -0.497 e. The lowest BCUT2D eigenvalue weighted by Crippen LogP contribution is -2.28. The van der Waals surface area contributed by atoms with Crippen molar-refractivity contribution in [2.75, 3.05) is 14.2 Å². The Hall–Kier alpha value is -2.01. The molecule has 0 aliphatic heterocycles. The summed E-state index contributed by atoms with van der Waals surface area (Å²) in [6.45, 7) is 0. The number of fused-ring (bicyclic) bond motifs is 1. The fourth-order valence-electron chi connectivity index (χ4n) is 3.09. The van der Waals surface area contributed by atoms with Crippen LogP contribution in [0.1, 0.15) is 24.8 Å². The second-order valence-corrected chi connectivity index (χ2v) is 5.64. The van der Waals surface area contributed by atoms with Crippen molar-refractivity contribution < 1.29 is 19.0 Å². The monoisotopic (exact) mass is 303 g/mol. The molecule has 3 rings (SSSR count). The number of carbonyl (C=O) groups is 1. The molecule has 1 N–H and O–H groups in total. The zero-order valence-corrected chi connectivity index (χ0v) is 12.9. The van der Waals surface area contributed by atoms with E-state index in [-0.39, 0.29) is 24.6 Å². The minimum atomic E-state index is -0.210. The van der Waals surface area contributed by atoms with Crippen LogP contribution in [0.4, 0.5) is 0 Å². The zero-order chi connectivity index (χ0) is 15.5. The third-order valence-corrected chi connectivity index (χ3v) is 4.29. The Bertz CT molecular complexity index is 664. The Morgan fingerprint density at radius 2 is 2.09 bits per heavy atom. The van der Waals surface area contributed by atoms with E-state index in [2.05, 4.69) is 4.98 Å². The number of nitrogens with one attached hydrogen (secondary N) is 1. The predicted octanol–water partition coefficient (Wildman–Crippen LogP) is 2.83. The Balaban J connectivity index is 1.71. The average Bonchev–Trinajstić information content (AvgIpc) is 3.13. The molecule has 5 nitrogen and oxygen atoms in total. The molecule has 0 bridgehead atoms. The first-order chi connectivity index (χ1) is 10.7. The van der Waals surface area contributed by atoms with E-state index in [9.17, 15) is 4.79 Å². The number of methoxy groups -OCH3 is 2. The first kappa shape index (κ1) is 14.9. The van der Waals surface area contributed by atoms with Gasteiger partial charge in [-0.1, -0.05) is 0 Å². The predicted molar refractivity (Wildman–Crippen MR) is 83.1 cm³/mol. The summed E-state index contributed by atoms with van der Waals surface area (Å²) in [6.07, 6.45) is 4.91. The molecule has 1 fully saturated rings. The Kier molecular flexibility index (Phi) is 4.34. The number of carbonyl (C=O) groups excluding carboxylic acids is 1. The Labute approximate surface area is 129 Å². The molecule has 2 aromatic rings. The molecule has 118 valence electrons. The highest BCUT2D eigenvalue weighted by atomic mass is 16.6. The number of H-pyrrole nitrogens is 1. The zero-order valence-electron chi connectivity index (χ0n) is 12.9. The first-order valence-corrected chi connectivity index (χ1v) is 7.57. The van der Waals surface area contributed by atoms with Crippen molar-refractivity contribution in [2.45, 2.75) is 37.9 Å². The van der Waals surface area contributed by atoms with Gasteiger partial charge in [-0.3, -0.25) is 4.79 Å². The van der Waals surface area contributed by atoms with Crippen molar-refractivity contribution in [2.24, 2.45) is 0 Å². The van der Waals surface area contributed by atoms with Gasteiger partial charge in [0.05, 0.1) is 19.6 Å². The maximum Gasteiger partial charge on any atom is 0.310 e. The highest BCUT2D eigenvalue weighted by molar-refractivity contribution is 5.88. The summed E-state index contributed by atoms with van der Waals surface area (Å²) in [5.74, 6) is 0.564. The van der Waals surface area contributed by atoms with Gasteiger partial charge in [-0.25, -0.2) is 0 Å². The van der Waals surface area contributed by atoms with Gasteiger partial charge < -0.3 is 19.2 Å². The average molecular weight is 303 g/mol. The summed E-state index contributed by atoms with van der Waals surface area (Å²) in [6, 6.07) is 5.77. The number of esters is 1. The van der Waals surface area contributed by atoms with Crippen molar-refractivity contribution in [1.29, 1.82) is 0 Å². The molecule has 0 unspecified atom stereocenters. The quantitative estimate of drug-likeness (QED) is 0.863. The van der Waals surface area contributed by atoms with E-state index in [1.165, 1.54) is 0 Å². The molecule has 0 amide bonds. The molecule has 22 heavy (non-hydrogen) atoms. The summed E-state index contributed by atoms with van der Waals surface area (Å²) in [4.78, 5) is 15.4. The molecular weight excluding hydrogens is 282 g/mol. The van der Waals surface area contributed by atoms with Gasteiger partial charge in [0.1, 0.15) is 11.9 Å². The van der Waals surface area contributed by atoms with Gasteiger partial charge in [0.2, 0.25) is 0 Å². The molecule has 0 radical (unpaired) electrons. The molecule has 5 heteroatoms. The summed E-state index contributed by atoms with van der Waals surface area (Å²) < 4.78 is 16.2. The molecule has 2 atom stereocenters. The number of aromatic amines is 1. The lowest BCUT2D eigenvalue weighted by molar-refractivity contribution is -0.153. The lowest BCUT2D eigenvalue weighted by atomic mass is 10.1. The largest absolute Gasteiger partial charge is 0.497 e. The number of aromatic nitrogens is 1. The summed E-state index contributed by atoms with van der Waals surface area (Å²) >= 11 is 0. The summed E-state index contributed by atoms with van der Waals surface area (Å²) in [5.41, 5.74) is 1.91. The van der Waals surface area contributed by atoms with Crippen LogP contribution in [-0.4, -0.2) is 37.4 Å². The molecule has 1 saturated carbocycles. The molecule has 0 saturated heterocycles. The van der Waals surface area contributed by atoms with Crippen LogP contribution < -0.4 is 4.74 Å². The second-order valence-electron chi connectivity index (χ2n) is 5.64. The Morgan fingerprint density at radius 3 is 2.86 bits per heavy atom. The van der Waals surface area contributed by atoms with Gasteiger partial charge in [-0.05, 0) is 43.0 Å². The maximum absolute atomic E-state index is 12.2. The lowest BCUT2D eigenvalue weighted by Gasteiger charge is -2.18. The molecule has 1 aromatic heterocycles. The fourth-order valence-corrected chi connectivity index (χ4v) is 3.09. The van der Waals surface area contributed by atoms with E-state index in [0.29, 0.717) is 0 Å². The highest BCUT2D eigenvalue weighted by Crippen LogP contribution is 2.27. The Morgan fingerprint density at radius 1 is 1.27 bits per heavy atom. The van der Waals surface area contributed by atoms with Gasteiger partial charge in [0.15, 0.2) is 0 Å². The van der Waals surface area contributed by atoms with Gasteiger partial charge in [-0.15, -0.1) is 0 Å². The fraction of sp³-hybridized carbons (Fsp3) is 0.471. The van der Waals surface area contributed by atoms with Gasteiger partial charge in [0, 0.05) is 24.2 Å². The SMILES string of the molecule is COc1ccc2[nH]cc(CC(=O)O[C@@H]3CCC[C@@H]3OC)c2c1. The minimum absolute atomic E-state index is 0.0343. The van der Waals surface area contributed by atoms with Crippen LogP contribution in [0.2, 0.25) is 0 Å². The number of ether oxygens (including phenoxy) is 3. The highest BCUT2D eigenvalue weighted by Gasteiger charge is 2.30. The second kappa shape index (κ2) is 6.40. The van der Waals surface area contributed by atoms with Crippen LogP contribution in [0, 0.1) is 0 Å². The van der Waals surface area contributed by atoms with Crippen LogP contribution in [0.15, 0.2) is 24.4 Å². The van der Waals surface area contributed by atoms with Crippen molar-refractivity contribution >= 4 is 16.9 Å². The van der Waals surface area contributed by atoms with E-state index < -0.39 is 0 Å². The molecule has 1 aliphatic carbocycles. The van der Waals surface area contributed by atoms with Gasteiger partial charge in [-0.2, -0.15) is 0 Å². The number of hydrogen-bond donors (Lipinski definition) is 1. The van der Waals surface area contributed by atoms with Crippen molar-refractivity contribution in [3.63, 3.8) is 0 Å². The van der Waals surface area contributed by atoms with E-state index in [0.717, 1.165) is 41.5 Å². The van der Waals surface area contributed by atoms with Crippen LogP contribution in [0.25, 0.3) is 10.9 Å². The number of rotatable bonds is 5. The third kappa shape index (κ3) is 2.95. The molecule has 1 heterocycles. The molecule has 1 aromatic carbocycles. The third-order valence-electron chi connectivity index (χ3n) is 4.29. The number of hydrogen-bond acceptors (Lipinski definition) is 4. The normalized spacial score (nSPS) is 21.2.